The summed E-state index contributed by atoms with van der Waals surface area (Å²) in [6.45, 7) is 1.02. The van der Waals surface area contributed by atoms with Gasteiger partial charge < -0.3 is 10.8 Å². The van der Waals surface area contributed by atoms with Crippen molar-refractivity contribution in [1.29, 1.82) is 0 Å². The molecular weight excluding hydrogens is 289 g/mol. The van der Waals surface area contributed by atoms with E-state index in [1.165, 1.54) is 6.92 Å². The Morgan fingerprint density at radius 2 is 2.24 bits per heavy atom. The van der Waals surface area contributed by atoms with Crippen LogP contribution in [0.25, 0.3) is 0 Å². The van der Waals surface area contributed by atoms with Crippen molar-refractivity contribution in [2.45, 2.75) is 25.3 Å². The zero-order valence-electron chi connectivity index (χ0n) is 9.54. The third-order valence-electron chi connectivity index (χ3n) is 2.53. The molecule has 0 bridgehead atoms. The summed E-state index contributed by atoms with van der Waals surface area (Å²) in [5.41, 5.74) is 5.98. The lowest BCUT2D eigenvalue weighted by Gasteiger charge is -2.19. The Balaban J connectivity index is 2.93. The number of carboxylic acid groups (broad SMARTS) is 1. The SMILES string of the molecule is C[C@](N)(Cc1ccc(Br)c(CCF)c1)C(=O)O. The van der Waals surface area contributed by atoms with Crippen LogP contribution in [0.3, 0.4) is 0 Å². The molecule has 94 valence electrons. The number of alkyl halides is 1. The highest BCUT2D eigenvalue weighted by molar-refractivity contribution is 9.10. The average molecular weight is 304 g/mol. The Morgan fingerprint density at radius 3 is 2.76 bits per heavy atom. The van der Waals surface area contributed by atoms with Crippen LogP contribution in [-0.4, -0.2) is 23.3 Å². The molecule has 0 saturated carbocycles. The van der Waals surface area contributed by atoms with E-state index in [9.17, 15) is 9.18 Å². The van der Waals surface area contributed by atoms with Gasteiger partial charge >= 0.3 is 5.97 Å². The Hall–Kier alpha value is -0.940. The second kappa shape index (κ2) is 5.60. The molecule has 1 aromatic carbocycles. The first-order valence-corrected chi connectivity index (χ1v) is 6.01. The molecule has 1 atom stereocenters. The number of hydrogen-bond donors (Lipinski definition) is 2. The highest BCUT2D eigenvalue weighted by atomic mass is 79.9. The molecule has 0 aliphatic carbocycles. The first-order chi connectivity index (χ1) is 7.86. The van der Waals surface area contributed by atoms with Crippen molar-refractivity contribution < 1.29 is 14.3 Å². The van der Waals surface area contributed by atoms with Gasteiger partial charge in [-0.05, 0) is 24.1 Å². The smallest absolute Gasteiger partial charge is 0.323 e. The van der Waals surface area contributed by atoms with E-state index in [-0.39, 0.29) is 6.42 Å². The van der Waals surface area contributed by atoms with Crippen LogP contribution in [0.5, 0.6) is 0 Å². The highest BCUT2D eigenvalue weighted by Gasteiger charge is 2.28. The number of halogens is 2. The number of carboxylic acids is 1. The van der Waals surface area contributed by atoms with E-state index in [0.29, 0.717) is 6.42 Å². The Bertz CT molecular complexity index is 421. The minimum Gasteiger partial charge on any atom is -0.480 e. The van der Waals surface area contributed by atoms with E-state index in [4.69, 9.17) is 10.8 Å². The van der Waals surface area contributed by atoms with Crippen LogP contribution in [0.2, 0.25) is 0 Å². The maximum absolute atomic E-state index is 12.3. The van der Waals surface area contributed by atoms with Crippen LogP contribution in [-0.2, 0) is 17.6 Å². The molecule has 1 aromatic rings. The topological polar surface area (TPSA) is 63.3 Å². The summed E-state index contributed by atoms with van der Waals surface area (Å²) in [5, 5.41) is 8.94. The first-order valence-electron chi connectivity index (χ1n) is 5.22. The second-order valence-electron chi connectivity index (χ2n) is 4.26. The van der Waals surface area contributed by atoms with Crippen LogP contribution in [0, 0.1) is 0 Å². The van der Waals surface area contributed by atoms with Gasteiger partial charge in [0.15, 0.2) is 0 Å². The predicted molar refractivity (Wildman–Crippen MR) is 67.8 cm³/mol. The number of hydrogen-bond acceptors (Lipinski definition) is 2. The molecule has 0 radical (unpaired) electrons. The van der Waals surface area contributed by atoms with Gasteiger partial charge in [-0.25, -0.2) is 0 Å². The number of aliphatic carboxylic acids is 1. The molecule has 0 aliphatic rings. The lowest BCUT2D eigenvalue weighted by molar-refractivity contribution is -0.142. The van der Waals surface area contributed by atoms with Gasteiger partial charge in [-0.3, -0.25) is 9.18 Å². The predicted octanol–water partition coefficient (Wildman–Crippen LogP) is 2.31. The summed E-state index contributed by atoms with van der Waals surface area (Å²) < 4.78 is 13.1. The van der Waals surface area contributed by atoms with Crippen LogP contribution in [0.4, 0.5) is 4.39 Å². The van der Waals surface area contributed by atoms with E-state index in [1.807, 2.05) is 0 Å². The van der Waals surface area contributed by atoms with Crippen molar-refractivity contribution in [1.82, 2.24) is 0 Å². The van der Waals surface area contributed by atoms with E-state index in [0.717, 1.165) is 15.6 Å². The fourth-order valence-corrected chi connectivity index (χ4v) is 1.98. The zero-order chi connectivity index (χ0) is 13.1. The molecule has 17 heavy (non-hydrogen) atoms. The molecule has 0 spiro atoms. The third-order valence-corrected chi connectivity index (χ3v) is 3.31. The molecule has 0 aliphatic heterocycles. The zero-order valence-corrected chi connectivity index (χ0v) is 11.1. The Morgan fingerprint density at radius 1 is 1.59 bits per heavy atom. The molecule has 0 amide bonds. The van der Waals surface area contributed by atoms with Gasteiger partial charge in [-0.15, -0.1) is 0 Å². The quantitative estimate of drug-likeness (QED) is 0.877. The van der Waals surface area contributed by atoms with Crippen molar-refractivity contribution >= 4 is 21.9 Å². The second-order valence-corrected chi connectivity index (χ2v) is 5.12. The highest BCUT2D eigenvalue weighted by Crippen LogP contribution is 2.21. The summed E-state index contributed by atoms with van der Waals surface area (Å²) in [6, 6.07) is 5.37. The van der Waals surface area contributed by atoms with E-state index < -0.39 is 18.2 Å². The maximum atomic E-state index is 12.3. The van der Waals surface area contributed by atoms with Gasteiger partial charge in [0.05, 0.1) is 6.67 Å². The van der Waals surface area contributed by atoms with Crippen molar-refractivity contribution in [3.63, 3.8) is 0 Å². The Kier molecular flexibility index (Phi) is 4.65. The molecule has 0 aromatic heterocycles. The summed E-state index contributed by atoms with van der Waals surface area (Å²) >= 11 is 3.33. The largest absolute Gasteiger partial charge is 0.480 e. The fraction of sp³-hybridized carbons (Fsp3) is 0.417. The van der Waals surface area contributed by atoms with Gasteiger partial charge in [-0.1, -0.05) is 28.1 Å². The molecule has 0 heterocycles. The van der Waals surface area contributed by atoms with Crippen molar-refractivity contribution in [2.75, 3.05) is 6.67 Å². The lowest BCUT2D eigenvalue weighted by atomic mass is 9.93. The van der Waals surface area contributed by atoms with Gasteiger partial charge in [0, 0.05) is 17.3 Å². The minimum atomic E-state index is -1.30. The molecule has 1 rings (SSSR count). The van der Waals surface area contributed by atoms with Gasteiger partial charge in [0.25, 0.3) is 0 Å². The molecule has 0 unspecified atom stereocenters. The van der Waals surface area contributed by atoms with Crippen LogP contribution >= 0.6 is 15.9 Å². The van der Waals surface area contributed by atoms with E-state index in [1.54, 1.807) is 18.2 Å². The molecule has 3 nitrogen and oxygen atoms in total. The number of nitrogens with two attached hydrogens (primary N) is 1. The third kappa shape index (κ3) is 3.78. The number of rotatable bonds is 5. The Labute approximate surface area is 108 Å². The average Bonchev–Trinajstić information content (AvgIpc) is 2.23. The fourth-order valence-electron chi connectivity index (χ4n) is 1.53. The van der Waals surface area contributed by atoms with Crippen LogP contribution in [0.1, 0.15) is 18.1 Å². The first kappa shape index (κ1) is 14.1. The summed E-state index contributed by atoms with van der Waals surface area (Å²) in [7, 11) is 0. The molecule has 0 saturated heterocycles. The summed E-state index contributed by atoms with van der Waals surface area (Å²) in [6.07, 6.45) is 0.525. The van der Waals surface area contributed by atoms with Crippen molar-refractivity contribution in [3.05, 3.63) is 33.8 Å². The van der Waals surface area contributed by atoms with Crippen molar-refractivity contribution in [2.24, 2.45) is 5.73 Å². The van der Waals surface area contributed by atoms with E-state index >= 15 is 0 Å². The van der Waals surface area contributed by atoms with Gasteiger partial charge in [0.1, 0.15) is 5.54 Å². The molecule has 5 heteroatoms. The number of aryl methyl sites for hydroxylation is 1. The molecular formula is C12H15BrFNO2. The van der Waals surface area contributed by atoms with Gasteiger partial charge in [-0.2, -0.15) is 0 Å². The van der Waals surface area contributed by atoms with Crippen LogP contribution < -0.4 is 5.73 Å². The molecule has 3 N–H and O–H groups in total. The number of benzene rings is 1. The van der Waals surface area contributed by atoms with E-state index in [2.05, 4.69) is 15.9 Å². The van der Waals surface area contributed by atoms with Crippen LogP contribution in [0.15, 0.2) is 22.7 Å². The summed E-state index contributed by atoms with van der Waals surface area (Å²) in [5.74, 6) is -1.05. The monoisotopic (exact) mass is 303 g/mol. The standard InChI is InChI=1S/C12H15BrFNO2/c1-12(15,11(16)17)7-8-2-3-10(13)9(6-8)4-5-14/h2-3,6H,4-5,7,15H2,1H3,(H,16,17)/t12-/m0/s1. The lowest BCUT2D eigenvalue weighted by Crippen LogP contribution is -2.46. The van der Waals surface area contributed by atoms with Crippen molar-refractivity contribution in [3.8, 4) is 0 Å². The summed E-state index contributed by atoms with van der Waals surface area (Å²) in [4.78, 5) is 10.9. The maximum Gasteiger partial charge on any atom is 0.323 e. The number of carbonyl (C=O) groups is 1. The normalized spacial score (nSPS) is 14.4. The minimum absolute atomic E-state index is 0.217. The molecule has 0 fully saturated rings. The van der Waals surface area contributed by atoms with Gasteiger partial charge in [0.2, 0.25) is 0 Å².